The van der Waals surface area contributed by atoms with Gasteiger partial charge in [-0.15, -0.1) is 11.6 Å². The molecule has 3 N–H and O–H groups in total. The molecule has 0 aliphatic heterocycles. The molecular weight excluding hydrogens is 190 g/mol. The number of hydrogen-bond donors (Lipinski definition) is 2. The highest BCUT2D eigenvalue weighted by Crippen LogP contribution is 2.11. The van der Waals surface area contributed by atoms with E-state index in [0.29, 0.717) is 5.69 Å². The summed E-state index contributed by atoms with van der Waals surface area (Å²) < 4.78 is 21.5. The van der Waals surface area contributed by atoms with Crippen molar-refractivity contribution in [3.8, 4) is 0 Å². The third-order valence-corrected chi connectivity index (χ3v) is 2.35. The Morgan fingerprint density at radius 2 is 2.36 bits per heavy atom. The fourth-order valence-corrected chi connectivity index (χ4v) is 1.59. The number of hydrogen-bond acceptors (Lipinski definition) is 3. The standard InChI is InChI=1S/C4H6ClN3O2S/c5-1-3-4(2-7-8-3)11(6,9)10/h2H,1H2,(H,7,8)(H2,6,9,10). The highest BCUT2D eigenvalue weighted by Gasteiger charge is 2.14. The predicted octanol–water partition coefficient (Wildman–Crippen LogP) is -0.204. The highest BCUT2D eigenvalue weighted by molar-refractivity contribution is 7.89. The number of sulfonamides is 1. The Morgan fingerprint density at radius 3 is 2.73 bits per heavy atom. The van der Waals surface area contributed by atoms with E-state index in [9.17, 15) is 8.42 Å². The number of nitrogens with zero attached hydrogens (tertiary/aromatic N) is 1. The molecule has 62 valence electrons. The summed E-state index contributed by atoms with van der Waals surface area (Å²) in [6, 6.07) is 0. The SMILES string of the molecule is NS(=O)(=O)c1cn[nH]c1CCl. The van der Waals surface area contributed by atoms with Crippen LogP contribution in [0.15, 0.2) is 11.1 Å². The molecule has 1 heterocycles. The van der Waals surface area contributed by atoms with Crippen molar-refractivity contribution in [2.75, 3.05) is 0 Å². The van der Waals surface area contributed by atoms with E-state index >= 15 is 0 Å². The highest BCUT2D eigenvalue weighted by atomic mass is 35.5. The number of aromatic amines is 1. The number of rotatable bonds is 2. The van der Waals surface area contributed by atoms with Crippen LogP contribution in [0.25, 0.3) is 0 Å². The van der Waals surface area contributed by atoms with Crippen LogP contribution in [0, 0.1) is 0 Å². The van der Waals surface area contributed by atoms with E-state index in [4.69, 9.17) is 16.7 Å². The Bertz CT molecular complexity index is 344. The molecule has 7 heteroatoms. The first-order valence-electron chi connectivity index (χ1n) is 2.66. The van der Waals surface area contributed by atoms with Crippen LogP contribution >= 0.6 is 11.6 Å². The number of nitrogens with two attached hydrogens (primary N) is 1. The molecule has 0 unspecified atom stereocenters. The first-order chi connectivity index (χ1) is 5.05. The zero-order valence-electron chi connectivity index (χ0n) is 5.41. The molecule has 0 radical (unpaired) electrons. The number of alkyl halides is 1. The topological polar surface area (TPSA) is 88.8 Å². The lowest BCUT2D eigenvalue weighted by Crippen LogP contribution is -2.12. The maximum Gasteiger partial charge on any atom is 0.241 e. The summed E-state index contributed by atoms with van der Waals surface area (Å²) in [7, 11) is -3.68. The van der Waals surface area contributed by atoms with Crippen LogP contribution in [0.3, 0.4) is 0 Å². The molecule has 1 aromatic heterocycles. The average molecular weight is 196 g/mol. The van der Waals surface area contributed by atoms with E-state index in [2.05, 4.69) is 10.2 Å². The Hall–Kier alpha value is -0.590. The van der Waals surface area contributed by atoms with Gasteiger partial charge in [-0.05, 0) is 0 Å². The van der Waals surface area contributed by atoms with E-state index in [-0.39, 0.29) is 10.8 Å². The number of H-pyrrole nitrogens is 1. The maximum absolute atomic E-state index is 10.7. The van der Waals surface area contributed by atoms with Crippen molar-refractivity contribution in [3.63, 3.8) is 0 Å². The van der Waals surface area contributed by atoms with Gasteiger partial charge in [0.05, 0.1) is 17.8 Å². The van der Waals surface area contributed by atoms with Gasteiger partial charge in [-0.1, -0.05) is 0 Å². The van der Waals surface area contributed by atoms with Gasteiger partial charge in [0, 0.05) is 0 Å². The normalized spacial score (nSPS) is 11.8. The van der Waals surface area contributed by atoms with Crippen LogP contribution in [0.4, 0.5) is 0 Å². The van der Waals surface area contributed by atoms with Crippen LogP contribution in [0.5, 0.6) is 0 Å². The fraction of sp³-hybridized carbons (Fsp3) is 0.250. The Kier molecular flexibility index (Phi) is 2.17. The van der Waals surface area contributed by atoms with Gasteiger partial charge in [0.2, 0.25) is 10.0 Å². The molecule has 0 aliphatic rings. The molecule has 0 spiro atoms. The molecule has 1 rings (SSSR count). The van der Waals surface area contributed by atoms with Crippen LogP contribution < -0.4 is 5.14 Å². The van der Waals surface area contributed by atoms with Gasteiger partial charge in [-0.25, -0.2) is 13.6 Å². The molecule has 0 fully saturated rings. The molecule has 0 atom stereocenters. The summed E-state index contributed by atoms with van der Waals surface area (Å²) in [5, 5.41) is 10.7. The Labute approximate surface area is 68.6 Å². The first kappa shape index (κ1) is 8.51. The molecule has 0 bridgehead atoms. The van der Waals surface area contributed by atoms with Gasteiger partial charge in [-0.2, -0.15) is 5.10 Å². The van der Waals surface area contributed by atoms with E-state index < -0.39 is 10.0 Å². The van der Waals surface area contributed by atoms with Crippen LogP contribution in [-0.4, -0.2) is 18.6 Å². The minimum Gasteiger partial charge on any atom is -0.280 e. The lowest BCUT2D eigenvalue weighted by Gasteiger charge is -1.93. The second kappa shape index (κ2) is 2.80. The van der Waals surface area contributed by atoms with E-state index in [1.54, 1.807) is 0 Å². The predicted molar refractivity (Wildman–Crippen MR) is 39.5 cm³/mol. The second-order valence-electron chi connectivity index (χ2n) is 1.89. The monoisotopic (exact) mass is 195 g/mol. The van der Waals surface area contributed by atoms with Crippen molar-refractivity contribution < 1.29 is 8.42 Å². The van der Waals surface area contributed by atoms with Crippen molar-refractivity contribution >= 4 is 21.6 Å². The molecule has 1 aromatic rings. The Balaban J connectivity index is 3.24. The third-order valence-electron chi connectivity index (χ3n) is 1.12. The summed E-state index contributed by atoms with van der Waals surface area (Å²) >= 11 is 5.39. The molecule has 0 saturated carbocycles. The molecule has 11 heavy (non-hydrogen) atoms. The zero-order chi connectivity index (χ0) is 8.48. The quantitative estimate of drug-likeness (QED) is 0.641. The van der Waals surface area contributed by atoms with Crippen molar-refractivity contribution in [1.82, 2.24) is 10.2 Å². The van der Waals surface area contributed by atoms with E-state index in [0.717, 1.165) is 6.20 Å². The molecule has 0 saturated heterocycles. The molecule has 0 aromatic carbocycles. The first-order valence-corrected chi connectivity index (χ1v) is 4.75. The van der Waals surface area contributed by atoms with Gasteiger partial charge in [0.25, 0.3) is 0 Å². The van der Waals surface area contributed by atoms with Crippen molar-refractivity contribution in [3.05, 3.63) is 11.9 Å². The van der Waals surface area contributed by atoms with Gasteiger partial charge in [0.1, 0.15) is 4.90 Å². The fourth-order valence-electron chi connectivity index (χ4n) is 0.643. The van der Waals surface area contributed by atoms with Crippen LogP contribution in [0.2, 0.25) is 0 Å². The smallest absolute Gasteiger partial charge is 0.241 e. The van der Waals surface area contributed by atoms with Gasteiger partial charge in [0.15, 0.2) is 0 Å². The van der Waals surface area contributed by atoms with Crippen LogP contribution in [-0.2, 0) is 15.9 Å². The molecule has 5 nitrogen and oxygen atoms in total. The summed E-state index contributed by atoms with van der Waals surface area (Å²) in [6.45, 7) is 0. The maximum atomic E-state index is 10.7. The zero-order valence-corrected chi connectivity index (χ0v) is 6.98. The molecule has 0 amide bonds. The number of nitrogens with one attached hydrogen (secondary N) is 1. The largest absolute Gasteiger partial charge is 0.280 e. The molecule has 0 aliphatic carbocycles. The number of aromatic nitrogens is 2. The number of halogens is 1. The van der Waals surface area contributed by atoms with Gasteiger partial charge in [-0.3, -0.25) is 5.10 Å². The summed E-state index contributed by atoms with van der Waals surface area (Å²) in [5.41, 5.74) is 0.314. The summed E-state index contributed by atoms with van der Waals surface area (Å²) in [5.74, 6) is 0.0474. The van der Waals surface area contributed by atoms with E-state index in [1.165, 1.54) is 0 Å². The van der Waals surface area contributed by atoms with Crippen molar-refractivity contribution in [1.29, 1.82) is 0 Å². The minimum atomic E-state index is -3.68. The summed E-state index contributed by atoms with van der Waals surface area (Å²) in [4.78, 5) is -0.0486. The minimum absolute atomic E-state index is 0.0474. The van der Waals surface area contributed by atoms with E-state index in [1.807, 2.05) is 0 Å². The average Bonchev–Trinajstić information content (AvgIpc) is 2.31. The number of primary sulfonamides is 1. The van der Waals surface area contributed by atoms with Crippen molar-refractivity contribution in [2.24, 2.45) is 5.14 Å². The van der Waals surface area contributed by atoms with Gasteiger partial charge < -0.3 is 0 Å². The summed E-state index contributed by atoms with van der Waals surface area (Å²) in [6.07, 6.45) is 1.13. The third kappa shape index (κ3) is 1.70. The van der Waals surface area contributed by atoms with Gasteiger partial charge >= 0.3 is 0 Å². The van der Waals surface area contributed by atoms with Crippen molar-refractivity contribution in [2.45, 2.75) is 10.8 Å². The van der Waals surface area contributed by atoms with Crippen LogP contribution in [0.1, 0.15) is 5.69 Å². The lowest BCUT2D eigenvalue weighted by atomic mass is 10.5. The lowest BCUT2D eigenvalue weighted by molar-refractivity contribution is 0.597. The second-order valence-corrected chi connectivity index (χ2v) is 3.69. The molecular formula is C4H6ClN3O2S. The Morgan fingerprint density at radius 1 is 1.73 bits per heavy atom.